The first kappa shape index (κ1) is 17.2. The lowest BCUT2D eigenvalue weighted by Gasteiger charge is -2.41. The number of amides is 1. The number of carbonyl (C=O) groups is 1. The van der Waals surface area contributed by atoms with E-state index in [9.17, 15) is 9.90 Å². The van der Waals surface area contributed by atoms with Gasteiger partial charge in [-0.2, -0.15) is 0 Å². The molecular formula is C17H22N6O2. The number of aliphatic hydroxyl groups is 1. The number of carbonyl (C=O) groups excluding carboxylic acids is 1. The van der Waals surface area contributed by atoms with Crippen LogP contribution in [0.25, 0.3) is 0 Å². The Kier molecular flexibility index (Phi) is 4.89. The molecule has 132 valence electrons. The zero-order chi connectivity index (χ0) is 17.9. The maximum atomic E-state index is 12.6. The van der Waals surface area contributed by atoms with Crippen LogP contribution < -0.4 is 4.90 Å². The zero-order valence-corrected chi connectivity index (χ0v) is 14.5. The molecule has 1 amide bonds. The van der Waals surface area contributed by atoms with Crippen LogP contribution in [0.2, 0.25) is 0 Å². The van der Waals surface area contributed by atoms with Crippen molar-refractivity contribution in [3.05, 3.63) is 42.4 Å². The molecule has 1 aliphatic heterocycles. The molecule has 0 unspecified atom stereocenters. The lowest BCUT2D eigenvalue weighted by Crippen LogP contribution is -2.55. The summed E-state index contributed by atoms with van der Waals surface area (Å²) in [6.45, 7) is 3.22. The fourth-order valence-corrected chi connectivity index (χ4v) is 3.21. The van der Waals surface area contributed by atoms with Crippen molar-refractivity contribution in [3.8, 4) is 0 Å². The van der Waals surface area contributed by atoms with E-state index < -0.39 is 5.60 Å². The highest BCUT2D eigenvalue weighted by Crippen LogP contribution is 2.25. The topological polar surface area (TPSA) is 95.3 Å². The van der Waals surface area contributed by atoms with Crippen LogP contribution in [0.3, 0.4) is 0 Å². The van der Waals surface area contributed by atoms with Crippen molar-refractivity contribution < 1.29 is 9.90 Å². The van der Waals surface area contributed by atoms with Crippen LogP contribution in [-0.4, -0.2) is 68.1 Å². The molecule has 25 heavy (non-hydrogen) atoms. The molecule has 1 aliphatic rings. The Morgan fingerprint density at radius 3 is 2.88 bits per heavy atom. The molecule has 8 nitrogen and oxygen atoms in total. The predicted molar refractivity (Wildman–Crippen MR) is 92.2 cm³/mol. The van der Waals surface area contributed by atoms with Crippen LogP contribution in [0.5, 0.6) is 0 Å². The summed E-state index contributed by atoms with van der Waals surface area (Å²) in [5.41, 5.74) is 0.0860. The third kappa shape index (κ3) is 3.90. The fourth-order valence-electron chi connectivity index (χ4n) is 3.21. The van der Waals surface area contributed by atoms with E-state index in [4.69, 9.17) is 0 Å². The SMILES string of the molecule is Cc1ncncc1C(=O)N(C)C[C@@]1(O)CCCN(c2cnccn2)C1. The summed E-state index contributed by atoms with van der Waals surface area (Å²) >= 11 is 0. The van der Waals surface area contributed by atoms with E-state index in [0.717, 1.165) is 18.8 Å². The van der Waals surface area contributed by atoms with Gasteiger partial charge in [0.15, 0.2) is 0 Å². The maximum Gasteiger partial charge on any atom is 0.257 e. The molecule has 0 aliphatic carbocycles. The van der Waals surface area contributed by atoms with Crippen LogP contribution in [0.15, 0.2) is 31.1 Å². The van der Waals surface area contributed by atoms with E-state index in [1.165, 1.54) is 17.4 Å². The second-order valence-corrected chi connectivity index (χ2v) is 6.50. The number of anilines is 1. The number of piperidine rings is 1. The Bertz CT molecular complexity index is 741. The van der Waals surface area contributed by atoms with Gasteiger partial charge < -0.3 is 14.9 Å². The minimum absolute atomic E-state index is 0.192. The largest absolute Gasteiger partial charge is 0.386 e. The van der Waals surface area contributed by atoms with E-state index in [-0.39, 0.29) is 12.5 Å². The Labute approximate surface area is 146 Å². The van der Waals surface area contributed by atoms with Crippen LogP contribution in [-0.2, 0) is 0 Å². The number of hydrogen-bond donors (Lipinski definition) is 1. The number of aryl methyl sites for hydroxylation is 1. The normalized spacial score (nSPS) is 20.4. The lowest BCUT2D eigenvalue weighted by molar-refractivity contribution is -0.000194. The standard InChI is InChI=1S/C17H22N6O2/c1-13-14(8-19-12-21-13)16(24)22(2)10-17(25)4-3-7-23(11-17)15-9-18-5-6-20-15/h5-6,8-9,12,25H,3-4,7,10-11H2,1-2H3/t17-/m0/s1. The highest BCUT2D eigenvalue weighted by Gasteiger charge is 2.36. The summed E-state index contributed by atoms with van der Waals surface area (Å²) in [6.07, 6.45) is 9.32. The van der Waals surface area contributed by atoms with E-state index in [1.807, 2.05) is 4.90 Å². The summed E-state index contributed by atoms with van der Waals surface area (Å²) in [4.78, 5) is 32.5. The van der Waals surface area contributed by atoms with Crippen molar-refractivity contribution >= 4 is 11.7 Å². The summed E-state index contributed by atoms with van der Waals surface area (Å²) in [5.74, 6) is 0.546. The highest BCUT2D eigenvalue weighted by molar-refractivity contribution is 5.94. The third-order valence-electron chi connectivity index (χ3n) is 4.45. The number of nitrogens with zero attached hydrogens (tertiary/aromatic N) is 6. The molecule has 0 bridgehead atoms. The van der Waals surface area contributed by atoms with Crippen molar-refractivity contribution in [2.75, 3.05) is 31.6 Å². The fraction of sp³-hybridized carbons (Fsp3) is 0.471. The van der Waals surface area contributed by atoms with E-state index in [2.05, 4.69) is 19.9 Å². The van der Waals surface area contributed by atoms with E-state index in [1.54, 1.807) is 32.6 Å². The maximum absolute atomic E-state index is 12.6. The molecule has 0 saturated carbocycles. The first-order valence-corrected chi connectivity index (χ1v) is 8.24. The molecule has 1 fully saturated rings. The van der Waals surface area contributed by atoms with Gasteiger partial charge in [-0.1, -0.05) is 0 Å². The second-order valence-electron chi connectivity index (χ2n) is 6.50. The minimum Gasteiger partial charge on any atom is -0.386 e. The van der Waals surface area contributed by atoms with Gasteiger partial charge in [-0.15, -0.1) is 0 Å². The van der Waals surface area contributed by atoms with Gasteiger partial charge in [-0.3, -0.25) is 9.78 Å². The molecule has 0 radical (unpaired) electrons. The predicted octanol–water partition coefficient (Wildman–Crippen LogP) is 0.679. The van der Waals surface area contributed by atoms with Gasteiger partial charge in [-0.25, -0.2) is 15.0 Å². The quantitative estimate of drug-likeness (QED) is 0.873. The zero-order valence-electron chi connectivity index (χ0n) is 14.5. The number of aromatic nitrogens is 4. The number of rotatable bonds is 4. The Balaban J connectivity index is 1.70. The number of hydrogen-bond acceptors (Lipinski definition) is 7. The first-order valence-electron chi connectivity index (χ1n) is 8.24. The van der Waals surface area contributed by atoms with Crippen molar-refractivity contribution in [1.29, 1.82) is 0 Å². The molecule has 0 aromatic carbocycles. The molecule has 1 N–H and O–H groups in total. The van der Waals surface area contributed by atoms with Gasteiger partial charge in [0.05, 0.1) is 29.6 Å². The van der Waals surface area contributed by atoms with Crippen LogP contribution >= 0.6 is 0 Å². The van der Waals surface area contributed by atoms with Crippen LogP contribution in [0.1, 0.15) is 28.9 Å². The number of likely N-dealkylation sites (N-methyl/N-ethyl adjacent to an activating group) is 1. The second kappa shape index (κ2) is 7.10. The average Bonchev–Trinajstić information content (AvgIpc) is 2.62. The van der Waals surface area contributed by atoms with E-state index >= 15 is 0 Å². The lowest BCUT2D eigenvalue weighted by atomic mass is 9.92. The summed E-state index contributed by atoms with van der Waals surface area (Å²) in [5, 5.41) is 11.0. The number of β-amino-alcohol motifs (C(OH)–C–C–N with tert-alkyl or cyclic N) is 1. The molecule has 1 atom stereocenters. The first-order chi connectivity index (χ1) is 12.0. The summed E-state index contributed by atoms with van der Waals surface area (Å²) < 4.78 is 0. The molecule has 2 aromatic rings. The molecule has 8 heteroatoms. The van der Waals surface area contributed by atoms with E-state index in [0.29, 0.717) is 24.2 Å². The van der Waals surface area contributed by atoms with Crippen molar-refractivity contribution in [1.82, 2.24) is 24.8 Å². The smallest absolute Gasteiger partial charge is 0.257 e. The van der Waals surface area contributed by atoms with Crippen molar-refractivity contribution in [2.24, 2.45) is 0 Å². The highest BCUT2D eigenvalue weighted by atomic mass is 16.3. The van der Waals surface area contributed by atoms with Gasteiger partial charge in [0.25, 0.3) is 5.91 Å². The summed E-state index contributed by atoms with van der Waals surface area (Å²) in [6, 6.07) is 0. The minimum atomic E-state index is -0.996. The molecular weight excluding hydrogens is 320 g/mol. The van der Waals surface area contributed by atoms with Gasteiger partial charge in [0.2, 0.25) is 0 Å². The van der Waals surface area contributed by atoms with Gasteiger partial charge in [0, 0.05) is 38.7 Å². The Morgan fingerprint density at radius 1 is 1.32 bits per heavy atom. The molecule has 3 rings (SSSR count). The Morgan fingerprint density at radius 2 is 2.16 bits per heavy atom. The molecule has 2 aromatic heterocycles. The van der Waals surface area contributed by atoms with Gasteiger partial charge in [0.1, 0.15) is 12.1 Å². The molecule has 0 spiro atoms. The molecule has 3 heterocycles. The third-order valence-corrected chi connectivity index (χ3v) is 4.45. The summed E-state index contributed by atoms with van der Waals surface area (Å²) in [7, 11) is 1.69. The average molecular weight is 342 g/mol. The monoisotopic (exact) mass is 342 g/mol. The Hall–Kier alpha value is -2.61. The van der Waals surface area contributed by atoms with Gasteiger partial charge >= 0.3 is 0 Å². The molecule has 1 saturated heterocycles. The van der Waals surface area contributed by atoms with Crippen LogP contribution in [0, 0.1) is 6.92 Å². The van der Waals surface area contributed by atoms with Crippen molar-refractivity contribution in [2.45, 2.75) is 25.4 Å². The van der Waals surface area contributed by atoms with Crippen LogP contribution in [0.4, 0.5) is 5.82 Å². The van der Waals surface area contributed by atoms with Crippen molar-refractivity contribution in [3.63, 3.8) is 0 Å². The van der Waals surface area contributed by atoms with Gasteiger partial charge in [-0.05, 0) is 19.8 Å².